The van der Waals surface area contributed by atoms with Crippen LogP contribution < -0.4 is 11.1 Å². The summed E-state index contributed by atoms with van der Waals surface area (Å²) in [5.74, 6) is 0. The number of hydrogen-bond donors (Lipinski definition) is 2. The van der Waals surface area contributed by atoms with Gasteiger partial charge in [0.15, 0.2) is 0 Å². The van der Waals surface area contributed by atoms with Gasteiger partial charge in [-0.05, 0) is 43.0 Å². The maximum Gasteiger partial charge on any atom is 0.0345 e. The lowest BCUT2D eigenvalue weighted by molar-refractivity contribution is 1.05. The van der Waals surface area contributed by atoms with Crippen molar-refractivity contribution in [2.75, 3.05) is 5.32 Å². The van der Waals surface area contributed by atoms with E-state index in [1.54, 1.807) is 0 Å². The maximum atomic E-state index is 5.59. The Hall–Kier alpha value is -1.02. The van der Waals surface area contributed by atoms with Crippen molar-refractivity contribution in [3.05, 3.63) is 29.3 Å². The molecule has 0 unspecified atom stereocenters. The van der Waals surface area contributed by atoms with Gasteiger partial charge in [0.1, 0.15) is 0 Å². The van der Waals surface area contributed by atoms with E-state index in [2.05, 4.69) is 30.4 Å². The molecular weight excluding hydrogens is 160 g/mol. The topological polar surface area (TPSA) is 38.0 Å². The van der Waals surface area contributed by atoms with Crippen LogP contribution in [0.25, 0.3) is 0 Å². The van der Waals surface area contributed by atoms with Gasteiger partial charge in [-0.25, -0.2) is 0 Å². The molecule has 2 rings (SSSR count). The zero-order valence-corrected chi connectivity index (χ0v) is 8.01. The molecular formula is C11H16N2. The number of anilines is 1. The van der Waals surface area contributed by atoms with Gasteiger partial charge in [-0.1, -0.05) is 6.07 Å². The smallest absolute Gasteiger partial charge is 0.0345 e. The Kier molecular flexibility index (Phi) is 2.23. The van der Waals surface area contributed by atoms with E-state index in [9.17, 15) is 0 Å². The van der Waals surface area contributed by atoms with Crippen molar-refractivity contribution in [2.24, 2.45) is 5.73 Å². The van der Waals surface area contributed by atoms with Crippen LogP contribution in [-0.2, 0) is 6.54 Å². The second kappa shape index (κ2) is 3.38. The summed E-state index contributed by atoms with van der Waals surface area (Å²) in [6.07, 6.45) is 2.63. The van der Waals surface area contributed by atoms with E-state index in [-0.39, 0.29) is 0 Å². The first-order chi connectivity index (χ1) is 6.29. The minimum Gasteiger partial charge on any atom is -0.382 e. The fourth-order valence-electron chi connectivity index (χ4n) is 1.48. The molecule has 70 valence electrons. The zero-order chi connectivity index (χ0) is 9.26. The van der Waals surface area contributed by atoms with Gasteiger partial charge in [0.25, 0.3) is 0 Å². The van der Waals surface area contributed by atoms with Crippen molar-refractivity contribution in [1.82, 2.24) is 0 Å². The summed E-state index contributed by atoms with van der Waals surface area (Å²) in [4.78, 5) is 0. The summed E-state index contributed by atoms with van der Waals surface area (Å²) >= 11 is 0. The summed E-state index contributed by atoms with van der Waals surface area (Å²) in [6.45, 7) is 2.75. The number of rotatable bonds is 3. The first-order valence-corrected chi connectivity index (χ1v) is 4.86. The van der Waals surface area contributed by atoms with Crippen molar-refractivity contribution in [3.8, 4) is 0 Å². The molecule has 0 aromatic heterocycles. The number of hydrogen-bond acceptors (Lipinski definition) is 2. The molecule has 1 aliphatic carbocycles. The molecule has 2 heteroatoms. The average Bonchev–Trinajstić information content (AvgIpc) is 2.89. The summed E-state index contributed by atoms with van der Waals surface area (Å²) < 4.78 is 0. The molecule has 0 heterocycles. The van der Waals surface area contributed by atoms with Gasteiger partial charge < -0.3 is 11.1 Å². The molecule has 0 saturated heterocycles. The van der Waals surface area contributed by atoms with Crippen LogP contribution in [0.15, 0.2) is 18.2 Å². The van der Waals surface area contributed by atoms with Gasteiger partial charge >= 0.3 is 0 Å². The van der Waals surface area contributed by atoms with Gasteiger partial charge in [-0.3, -0.25) is 0 Å². The monoisotopic (exact) mass is 176 g/mol. The van der Waals surface area contributed by atoms with Crippen molar-refractivity contribution in [2.45, 2.75) is 32.4 Å². The van der Waals surface area contributed by atoms with Crippen LogP contribution in [0.1, 0.15) is 24.0 Å². The van der Waals surface area contributed by atoms with E-state index in [1.807, 2.05) is 0 Å². The van der Waals surface area contributed by atoms with Crippen molar-refractivity contribution < 1.29 is 0 Å². The molecule has 1 aromatic rings. The van der Waals surface area contributed by atoms with Gasteiger partial charge in [0.05, 0.1) is 0 Å². The van der Waals surface area contributed by atoms with Crippen LogP contribution in [0.3, 0.4) is 0 Å². The second-order valence-electron chi connectivity index (χ2n) is 3.76. The van der Waals surface area contributed by atoms with Crippen molar-refractivity contribution in [1.29, 1.82) is 0 Å². The highest BCUT2D eigenvalue weighted by atomic mass is 14.9. The first kappa shape index (κ1) is 8.57. The molecule has 2 nitrogen and oxygen atoms in total. The fraction of sp³-hybridized carbons (Fsp3) is 0.455. The Morgan fingerprint density at radius 1 is 1.46 bits per heavy atom. The second-order valence-corrected chi connectivity index (χ2v) is 3.76. The van der Waals surface area contributed by atoms with Gasteiger partial charge in [-0.15, -0.1) is 0 Å². The third kappa shape index (κ3) is 2.01. The normalized spacial score (nSPS) is 15.8. The molecule has 0 radical (unpaired) electrons. The van der Waals surface area contributed by atoms with E-state index in [1.165, 1.54) is 29.7 Å². The molecule has 1 saturated carbocycles. The summed E-state index contributed by atoms with van der Waals surface area (Å²) in [5.41, 5.74) is 9.35. The SMILES string of the molecule is Cc1cc(NC2CC2)ccc1CN. The van der Waals surface area contributed by atoms with Crippen LogP contribution in [0.5, 0.6) is 0 Å². The average molecular weight is 176 g/mol. The zero-order valence-electron chi connectivity index (χ0n) is 8.01. The van der Waals surface area contributed by atoms with Crippen molar-refractivity contribution in [3.63, 3.8) is 0 Å². The predicted molar refractivity (Wildman–Crippen MR) is 55.7 cm³/mol. The van der Waals surface area contributed by atoms with E-state index in [4.69, 9.17) is 5.73 Å². The third-order valence-corrected chi connectivity index (χ3v) is 2.51. The Morgan fingerprint density at radius 3 is 2.77 bits per heavy atom. The van der Waals surface area contributed by atoms with Gasteiger partial charge in [0, 0.05) is 18.3 Å². The quantitative estimate of drug-likeness (QED) is 0.739. The predicted octanol–water partition coefficient (Wildman–Crippen LogP) is 2.03. The number of benzene rings is 1. The lowest BCUT2D eigenvalue weighted by Crippen LogP contribution is -2.03. The Balaban J connectivity index is 2.13. The van der Waals surface area contributed by atoms with Gasteiger partial charge in [0.2, 0.25) is 0 Å². The van der Waals surface area contributed by atoms with Gasteiger partial charge in [-0.2, -0.15) is 0 Å². The summed E-state index contributed by atoms with van der Waals surface area (Å²) in [6, 6.07) is 7.14. The molecule has 13 heavy (non-hydrogen) atoms. The van der Waals surface area contributed by atoms with E-state index in [0.717, 1.165) is 6.04 Å². The lowest BCUT2D eigenvalue weighted by Gasteiger charge is -2.08. The molecule has 0 bridgehead atoms. The highest BCUT2D eigenvalue weighted by Gasteiger charge is 2.20. The molecule has 3 N–H and O–H groups in total. The van der Waals surface area contributed by atoms with E-state index < -0.39 is 0 Å². The lowest BCUT2D eigenvalue weighted by atomic mass is 10.1. The molecule has 0 aliphatic heterocycles. The molecule has 0 spiro atoms. The Bertz CT molecular complexity index is 303. The minimum absolute atomic E-state index is 0.634. The molecule has 1 fully saturated rings. The Morgan fingerprint density at radius 2 is 2.23 bits per heavy atom. The molecule has 1 aliphatic rings. The summed E-state index contributed by atoms with van der Waals surface area (Å²) in [5, 5.41) is 3.47. The third-order valence-electron chi connectivity index (χ3n) is 2.51. The minimum atomic E-state index is 0.634. The Labute approximate surface area is 79.1 Å². The standard InChI is InChI=1S/C11H16N2/c1-8-6-11(13-10-4-5-10)3-2-9(8)7-12/h2-3,6,10,13H,4-5,7,12H2,1H3. The van der Waals surface area contributed by atoms with E-state index in [0.29, 0.717) is 6.54 Å². The molecule has 1 aromatic carbocycles. The number of nitrogens with one attached hydrogen (secondary N) is 1. The largest absolute Gasteiger partial charge is 0.382 e. The highest BCUT2D eigenvalue weighted by Crippen LogP contribution is 2.25. The number of aryl methyl sites for hydroxylation is 1. The van der Waals surface area contributed by atoms with Crippen LogP contribution in [-0.4, -0.2) is 6.04 Å². The van der Waals surface area contributed by atoms with Crippen LogP contribution in [0, 0.1) is 6.92 Å². The highest BCUT2D eigenvalue weighted by molar-refractivity contribution is 5.49. The number of nitrogens with two attached hydrogens (primary N) is 1. The maximum absolute atomic E-state index is 5.59. The van der Waals surface area contributed by atoms with Crippen LogP contribution in [0.4, 0.5) is 5.69 Å². The molecule has 0 amide bonds. The molecule has 0 atom stereocenters. The fourth-order valence-corrected chi connectivity index (χ4v) is 1.48. The van der Waals surface area contributed by atoms with E-state index >= 15 is 0 Å². The summed E-state index contributed by atoms with van der Waals surface area (Å²) in [7, 11) is 0. The van der Waals surface area contributed by atoms with Crippen LogP contribution >= 0.6 is 0 Å². The first-order valence-electron chi connectivity index (χ1n) is 4.86. The van der Waals surface area contributed by atoms with Crippen molar-refractivity contribution >= 4 is 5.69 Å². The van der Waals surface area contributed by atoms with Crippen LogP contribution in [0.2, 0.25) is 0 Å².